The zero-order valence-electron chi connectivity index (χ0n) is 28.9. The topological polar surface area (TPSA) is 215 Å². The van der Waals surface area contributed by atoms with Crippen LogP contribution in [0, 0.1) is 0 Å². The van der Waals surface area contributed by atoms with E-state index in [4.69, 9.17) is 85.2 Å². The summed E-state index contributed by atoms with van der Waals surface area (Å²) in [6, 6.07) is 0. The summed E-state index contributed by atoms with van der Waals surface area (Å²) in [6.45, 7) is 22.0. The Kier molecular flexibility index (Phi) is 36.0. The maximum Gasteiger partial charge on any atom is 0.519 e. The third kappa shape index (κ3) is 61.6. The summed E-state index contributed by atoms with van der Waals surface area (Å²) < 4.78 is 38.5. The molecule has 0 aliphatic heterocycles. The van der Waals surface area contributed by atoms with Gasteiger partial charge in [-0.05, 0) is 62.3 Å². The molecular formula is C28H59Cl3N4O11. The Labute approximate surface area is 289 Å². The highest BCUT2D eigenvalue weighted by Gasteiger charge is 2.24. The average Bonchev–Trinajstić information content (AvgIpc) is 2.85. The van der Waals surface area contributed by atoms with E-state index in [2.05, 4.69) is 10.1 Å². The van der Waals surface area contributed by atoms with Crippen molar-refractivity contribution in [2.24, 2.45) is 17.2 Å². The van der Waals surface area contributed by atoms with Gasteiger partial charge in [0, 0.05) is 26.2 Å². The molecule has 0 saturated heterocycles. The number of halogens is 3. The maximum absolute atomic E-state index is 11.2. The molecule has 0 radical (unpaired) electrons. The van der Waals surface area contributed by atoms with Gasteiger partial charge in [0.2, 0.25) is 0 Å². The predicted molar refractivity (Wildman–Crippen MR) is 180 cm³/mol. The number of ether oxygens (including phenoxy) is 8. The number of amides is 1. The van der Waals surface area contributed by atoms with Gasteiger partial charge in [-0.1, -0.05) is 34.8 Å². The van der Waals surface area contributed by atoms with Crippen LogP contribution in [-0.2, 0) is 37.9 Å². The summed E-state index contributed by atoms with van der Waals surface area (Å²) in [5.74, 6) is 0. The van der Waals surface area contributed by atoms with Crippen LogP contribution in [0.1, 0.15) is 62.3 Å². The molecular weight excluding hydrogens is 675 g/mol. The fraction of sp³-hybridized carbons (Fsp3) is 0.893. The Morgan fingerprint density at radius 2 is 0.826 bits per heavy atom. The Hall–Kier alpha value is -1.40. The zero-order chi connectivity index (χ0) is 36.7. The van der Waals surface area contributed by atoms with Crippen molar-refractivity contribution in [3.8, 4) is 0 Å². The zero-order valence-corrected chi connectivity index (χ0v) is 31.2. The summed E-state index contributed by atoms with van der Waals surface area (Å²) >= 11 is 14.4. The fourth-order valence-corrected chi connectivity index (χ4v) is 2.04. The van der Waals surface area contributed by atoms with Crippen LogP contribution in [0.15, 0.2) is 0 Å². The summed E-state index contributed by atoms with van der Waals surface area (Å²) in [4.78, 5) is 33.2. The largest absolute Gasteiger partial charge is 0.519 e. The minimum absolute atomic E-state index is 0.422. The fourth-order valence-electron chi connectivity index (χ4n) is 2.04. The molecule has 278 valence electrons. The molecule has 15 nitrogen and oxygen atoms in total. The van der Waals surface area contributed by atoms with E-state index in [1.54, 1.807) is 41.5 Å². The van der Waals surface area contributed by atoms with Gasteiger partial charge in [-0.25, -0.2) is 14.4 Å². The molecule has 0 aliphatic carbocycles. The van der Waals surface area contributed by atoms with Crippen molar-refractivity contribution >= 4 is 53.2 Å². The van der Waals surface area contributed by atoms with Crippen LogP contribution in [0.4, 0.5) is 14.4 Å². The first-order valence-electron chi connectivity index (χ1n) is 14.5. The van der Waals surface area contributed by atoms with Crippen molar-refractivity contribution in [2.75, 3.05) is 79.0 Å². The average molecular weight is 734 g/mol. The molecule has 0 aliphatic rings. The second-order valence-electron chi connectivity index (χ2n) is 11.5. The van der Waals surface area contributed by atoms with E-state index in [1.807, 2.05) is 20.8 Å². The van der Waals surface area contributed by atoms with Gasteiger partial charge in [0.15, 0.2) is 4.30 Å². The van der Waals surface area contributed by atoms with Crippen molar-refractivity contribution < 1.29 is 52.3 Å². The molecule has 0 atom stereocenters. The van der Waals surface area contributed by atoms with Gasteiger partial charge < -0.3 is 60.4 Å². The van der Waals surface area contributed by atoms with Gasteiger partial charge in [0.1, 0.15) is 16.8 Å². The Morgan fingerprint density at radius 3 is 1.09 bits per heavy atom. The molecule has 0 bridgehead atoms. The SMILES string of the molecule is CC(C)(C)OC(=O)NCCOCCOCCN.CC(C)(C)OC(=O)OC(=O)OC(C)(C)C.ClC(Cl)Cl.NCCOCCOCCN. The van der Waals surface area contributed by atoms with Crippen LogP contribution < -0.4 is 22.5 Å². The number of hydrogen-bond acceptors (Lipinski definition) is 14. The van der Waals surface area contributed by atoms with E-state index in [9.17, 15) is 14.4 Å². The number of alkyl carbamates (subject to hydrolysis) is 1. The lowest BCUT2D eigenvalue weighted by atomic mass is 10.2. The first-order valence-corrected chi connectivity index (χ1v) is 15.8. The van der Waals surface area contributed by atoms with E-state index in [0.717, 1.165) is 0 Å². The summed E-state index contributed by atoms with van der Waals surface area (Å²) in [5, 5.41) is 2.59. The van der Waals surface area contributed by atoms with Crippen LogP contribution in [0.3, 0.4) is 0 Å². The molecule has 0 aromatic carbocycles. The van der Waals surface area contributed by atoms with E-state index in [1.165, 1.54) is 0 Å². The highest BCUT2D eigenvalue weighted by molar-refractivity contribution is 6.63. The normalized spacial score (nSPS) is 11.0. The molecule has 46 heavy (non-hydrogen) atoms. The molecule has 0 saturated carbocycles. The number of alkyl halides is 3. The first-order chi connectivity index (χ1) is 21.1. The van der Waals surface area contributed by atoms with Gasteiger partial charge in [0.05, 0.1) is 52.9 Å². The smallest absolute Gasteiger partial charge is 0.444 e. The number of rotatable bonds is 15. The molecule has 0 heterocycles. The Bertz CT molecular complexity index is 698. The van der Waals surface area contributed by atoms with Crippen LogP contribution in [0.25, 0.3) is 0 Å². The summed E-state index contributed by atoms with van der Waals surface area (Å²) in [5.41, 5.74) is 13.8. The quantitative estimate of drug-likeness (QED) is 0.0607. The van der Waals surface area contributed by atoms with E-state index >= 15 is 0 Å². The first kappa shape index (κ1) is 51.4. The van der Waals surface area contributed by atoms with Crippen molar-refractivity contribution in [1.29, 1.82) is 0 Å². The maximum atomic E-state index is 11.2. The van der Waals surface area contributed by atoms with E-state index < -0.39 is 39.5 Å². The van der Waals surface area contributed by atoms with Crippen molar-refractivity contribution in [3.63, 3.8) is 0 Å². The summed E-state index contributed by atoms with van der Waals surface area (Å²) in [7, 11) is 0. The molecule has 7 N–H and O–H groups in total. The third-order valence-electron chi connectivity index (χ3n) is 3.39. The molecule has 0 spiro atoms. The lowest BCUT2D eigenvalue weighted by Gasteiger charge is -2.20. The van der Waals surface area contributed by atoms with Gasteiger partial charge in [-0.3, -0.25) is 0 Å². The molecule has 1 amide bonds. The second-order valence-corrected chi connectivity index (χ2v) is 13.5. The number of hydrogen-bond donors (Lipinski definition) is 4. The lowest BCUT2D eigenvalue weighted by Crippen LogP contribution is -2.34. The Balaban J connectivity index is -0.000000278. The number of carbonyl (C=O) groups is 3. The molecule has 0 fully saturated rings. The Morgan fingerprint density at radius 1 is 0.543 bits per heavy atom. The minimum atomic E-state index is -1.06. The van der Waals surface area contributed by atoms with Crippen molar-refractivity contribution in [2.45, 2.75) is 83.4 Å². The van der Waals surface area contributed by atoms with Crippen LogP contribution in [-0.4, -0.2) is 119 Å². The van der Waals surface area contributed by atoms with Gasteiger partial charge in [0.25, 0.3) is 0 Å². The number of carbonyl (C=O) groups excluding carboxylic acids is 3. The molecule has 0 aromatic rings. The monoisotopic (exact) mass is 732 g/mol. The third-order valence-corrected chi connectivity index (χ3v) is 3.39. The van der Waals surface area contributed by atoms with Crippen LogP contribution in [0.2, 0.25) is 0 Å². The number of nitrogens with one attached hydrogen (secondary N) is 1. The van der Waals surface area contributed by atoms with Crippen molar-refractivity contribution in [1.82, 2.24) is 5.32 Å². The molecule has 0 rings (SSSR count). The second kappa shape index (κ2) is 32.2. The highest BCUT2D eigenvalue weighted by Crippen LogP contribution is 2.11. The van der Waals surface area contributed by atoms with E-state index in [0.29, 0.717) is 79.0 Å². The van der Waals surface area contributed by atoms with Gasteiger partial charge in [-0.2, -0.15) is 0 Å². The number of nitrogens with two attached hydrogens (primary N) is 3. The van der Waals surface area contributed by atoms with Gasteiger partial charge >= 0.3 is 18.4 Å². The van der Waals surface area contributed by atoms with Crippen LogP contribution in [0.5, 0.6) is 0 Å². The standard InChI is InChI=1S/C11H24N2O4.C10H18O5.C6H16N2O2.CHCl3/c1-11(2,3)17-10(14)13-5-7-16-9-8-15-6-4-12;1-9(2,3)14-7(11)13-8(12)15-10(4,5)6;7-1-3-9-5-6-10-4-2-8;2-1(3)4/h4-9,12H2,1-3H3,(H,13,14);1-6H3;1-8H2;1H. The minimum Gasteiger partial charge on any atom is -0.444 e. The van der Waals surface area contributed by atoms with E-state index in [-0.39, 0.29) is 0 Å². The van der Waals surface area contributed by atoms with Crippen molar-refractivity contribution in [3.05, 3.63) is 0 Å². The van der Waals surface area contributed by atoms with Crippen LogP contribution >= 0.6 is 34.8 Å². The molecule has 0 aromatic heterocycles. The lowest BCUT2D eigenvalue weighted by molar-refractivity contribution is -0.0294. The predicted octanol–water partition coefficient (Wildman–Crippen LogP) is 4.30. The highest BCUT2D eigenvalue weighted by atomic mass is 35.6. The molecule has 18 heteroatoms. The van der Waals surface area contributed by atoms with Gasteiger partial charge in [-0.15, -0.1) is 0 Å². The summed E-state index contributed by atoms with van der Waals surface area (Å²) in [6.07, 6.45) is -2.55. The molecule has 0 unspecified atom stereocenters.